The van der Waals surface area contributed by atoms with Gasteiger partial charge in [-0.25, -0.2) is 0 Å². The third-order valence-electron chi connectivity index (χ3n) is 2.48. The first-order valence-electron chi connectivity index (χ1n) is 5.76. The predicted molar refractivity (Wildman–Crippen MR) is 65.6 cm³/mol. The Balaban J connectivity index is 2.48. The van der Waals surface area contributed by atoms with Crippen molar-refractivity contribution in [1.29, 1.82) is 0 Å². The second kappa shape index (κ2) is 6.51. The van der Waals surface area contributed by atoms with Crippen LogP contribution in [0.3, 0.4) is 0 Å². The quantitative estimate of drug-likeness (QED) is 0.778. The van der Waals surface area contributed by atoms with Crippen LogP contribution in [-0.4, -0.2) is 24.4 Å². The van der Waals surface area contributed by atoms with Crippen molar-refractivity contribution in [2.45, 2.75) is 32.9 Å². The summed E-state index contributed by atoms with van der Waals surface area (Å²) in [6.07, 6.45) is 0. The summed E-state index contributed by atoms with van der Waals surface area (Å²) in [5.74, 6) is 0.309. The van der Waals surface area contributed by atoms with Crippen molar-refractivity contribution in [1.82, 2.24) is 5.32 Å². The smallest absolute Gasteiger partial charge is 0.115 e. The maximum absolute atomic E-state index is 9.39. The van der Waals surface area contributed by atoms with Gasteiger partial charge in [0.1, 0.15) is 5.75 Å². The number of aromatic hydroxyl groups is 1. The number of ether oxygens (including phenoxy) is 1. The van der Waals surface area contributed by atoms with Gasteiger partial charge in [0.05, 0.1) is 6.61 Å². The first-order chi connectivity index (χ1) is 7.63. The number of nitrogens with one attached hydrogen (secondary N) is 1. The van der Waals surface area contributed by atoms with E-state index >= 15 is 0 Å². The predicted octanol–water partition coefficient (Wildman–Crippen LogP) is 2.47. The van der Waals surface area contributed by atoms with Crippen LogP contribution in [0, 0.1) is 0 Å². The molecule has 1 aromatic rings. The first-order valence-corrected chi connectivity index (χ1v) is 5.76. The lowest BCUT2D eigenvalue weighted by molar-refractivity contribution is 0.124. The molecule has 0 aliphatic carbocycles. The molecule has 0 saturated carbocycles. The fourth-order valence-electron chi connectivity index (χ4n) is 1.66. The van der Waals surface area contributed by atoms with Crippen LogP contribution < -0.4 is 5.32 Å². The van der Waals surface area contributed by atoms with E-state index in [1.54, 1.807) is 12.1 Å². The average Bonchev–Trinajstić information content (AvgIpc) is 2.26. The zero-order valence-corrected chi connectivity index (χ0v) is 10.2. The average molecular weight is 223 g/mol. The minimum Gasteiger partial charge on any atom is -0.508 e. The summed E-state index contributed by atoms with van der Waals surface area (Å²) in [5, 5.41) is 12.8. The molecule has 0 aliphatic heterocycles. The van der Waals surface area contributed by atoms with Crippen LogP contribution in [-0.2, 0) is 4.74 Å². The summed E-state index contributed by atoms with van der Waals surface area (Å²) >= 11 is 0. The zero-order valence-electron chi connectivity index (χ0n) is 10.2. The molecule has 2 N–H and O–H groups in total. The van der Waals surface area contributed by atoms with Gasteiger partial charge < -0.3 is 15.2 Å². The van der Waals surface area contributed by atoms with Gasteiger partial charge in [-0.1, -0.05) is 12.1 Å². The van der Waals surface area contributed by atoms with E-state index in [2.05, 4.69) is 19.2 Å². The first kappa shape index (κ1) is 13.0. The second-order valence-corrected chi connectivity index (χ2v) is 4.04. The van der Waals surface area contributed by atoms with Crippen molar-refractivity contribution in [3.8, 4) is 5.75 Å². The lowest BCUT2D eigenvalue weighted by Gasteiger charge is -2.20. The maximum Gasteiger partial charge on any atom is 0.115 e. The molecule has 0 spiro atoms. The Kier molecular flexibility index (Phi) is 5.29. The Morgan fingerprint density at radius 2 is 2.12 bits per heavy atom. The van der Waals surface area contributed by atoms with Gasteiger partial charge in [0, 0.05) is 18.7 Å². The largest absolute Gasteiger partial charge is 0.508 e. The second-order valence-electron chi connectivity index (χ2n) is 4.04. The van der Waals surface area contributed by atoms with Crippen LogP contribution >= 0.6 is 0 Å². The number of hydrogen-bond donors (Lipinski definition) is 2. The molecule has 90 valence electrons. The van der Waals surface area contributed by atoms with Crippen LogP contribution in [0.1, 0.15) is 32.4 Å². The highest BCUT2D eigenvalue weighted by atomic mass is 16.5. The third kappa shape index (κ3) is 4.21. The lowest BCUT2D eigenvalue weighted by Crippen LogP contribution is -2.32. The molecule has 0 aromatic heterocycles. The summed E-state index contributed by atoms with van der Waals surface area (Å²) in [7, 11) is 0. The van der Waals surface area contributed by atoms with E-state index in [0.717, 1.165) is 12.2 Å². The fourth-order valence-corrected chi connectivity index (χ4v) is 1.66. The minimum absolute atomic E-state index is 0.211. The van der Waals surface area contributed by atoms with E-state index in [1.807, 2.05) is 19.1 Å². The summed E-state index contributed by atoms with van der Waals surface area (Å²) in [6.45, 7) is 7.61. The summed E-state index contributed by atoms with van der Waals surface area (Å²) < 4.78 is 5.34. The highest BCUT2D eigenvalue weighted by Gasteiger charge is 2.09. The van der Waals surface area contributed by atoms with Gasteiger partial charge >= 0.3 is 0 Å². The molecule has 0 saturated heterocycles. The Morgan fingerprint density at radius 3 is 2.75 bits per heavy atom. The fraction of sp³-hybridized carbons (Fsp3) is 0.538. The van der Waals surface area contributed by atoms with E-state index in [-0.39, 0.29) is 6.04 Å². The monoisotopic (exact) mass is 223 g/mol. The van der Waals surface area contributed by atoms with Crippen molar-refractivity contribution in [2.75, 3.05) is 13.2 Å². The Labute approximate surface area is 97.4 Å². The molecule has 2 unspecified atom stereocenters. The van der Waals surface area contributed by atoms with Crippen LogP contribution in [0.4, 0.5) is 0 Å². The molecule has 0 fully saturated rings. The lowest BCUT2D eigenvalue weighted by atomic mass is 10.1. The van der Waals surface area contributed by atoms with Crippen LogP contribution in [0.2, 0.25) is 0 Å². The minimum atomic E-state index is 0.211. The highest BCUT2D eigenvalue weighted by Crippen LogP contribution is 2.18. The Bertz CT molecular complexity index is 315. The van der Waals surface area contributed by atoms with Crippen LogP contribution in [0.25, 0.3) is 0 Å². The molecule has 16 heavy (non-hydrogen) atoms. The summed E-state index contributed by atoms with van der Waals surface area (Å²) in [6, 6.07) is 7.84. The van der Waals surface area contributed by atoms with E-state index in [0.29, 0.717) is 18.4 Å². The Hall–Kier alpha value is -1.06. The van der Waals surface area contributed by atoms with Crippen molar-refractivity contribution in [3.05, 3.63) is 29.8 Å². The maximum atomic E-state index is 9.39. The number of rotatable bonds is 6. The molecule has 0 radical (unpaired) electrons. The zero-order chi connectivity index (χ0) is 12.0. The molecule has 0 amide bonds. The van der Waals surface area contributed by atoms with Crippen molar-refractivity contribution < 1.29 is 9.84 Å². The van der Waals surface area contributed by atoms with Crippen molar-refractivity contribution in [2.24, 2.45) is 0 Å². The summed E-state index contributed by atoms with van der Waals surface area (Å²) in [5.41, 5.74) is 1.09. The number of benzene rings is 1. The number of phenols is 1. The highest BCUT2D eigenvalue weighted by molar-refractivity contribution is 5.29. The molecule has 0 heterocycles. The van der Waals surface area contributed by atoms with E-state index < -0.39 is 0 Å². The van der Waals surface area contributed by atoms with Gasteiger partial charge in [-0.3, -0.25) is 0 Å². The Morgan fingerprint density at radius 1 is 1.38 bits per heavy atom. The van der Waals surface area contributed by atoms with Gasteiger partial charge in [-0.15, -0.1) is 0 Å². The number of hydrogen-bond acceptors (Lipinski definition) is 3. The molecule has 3 nitrogen and oxygen atoms in total. The van der Waals surface area contributed by atoms with Gasteiger partial charge in [-0.05, 0) is 38.5 Å². The van der Waals surface area contributed by atoms with E-state index in [9.17, 15) is 5.11 Å². The standard InChI is InChI=1S/C13H21NO2/c1-4-16-9-10(2)14-11(3)12-6-5-7-13(15)8-12/h5-8,10-11,14-15H,4,9H2,1-3H3. The molecule has 0 aliphatic rings. The van der Waals surface area contributed by atoms with Gasteiger partial charge in [0.25, 0.3) is 0 Å². The molecule has 3 heteroatoms. The van der Waals surface area contributed by atoms with Gasteiger partial charge in [0.2, 0.25) is 0 Å². The molecule has 1 rings (SSSR count). The van der Waals surface area contributed by atoms with Gasteiger partial charge in [-0.2, -0.15) is 0 Å². The van der Waals surface area contributed by atoms with Crippen LogP contribution in [0.5, 0.6) is 5.75 Å². The molecule has 0 bridgehead atoms. The molecule has 1 aromatic carbocycles. The topological polar surface area (TPSA) is 41.5 Å². The third-order valence-corrected chi connectivity index (χ3v) is 2.48. The van der Waals surface area contributed by atoms with E-state index in [1.165, 1.54) is 0 Å². The molecular weight excluding hydrogens is 202 g/mol. The van der Waals surface area contributed by atoms with Crippen LogP contribution in [0.15, 0.2) is 24.3 Å². The SMILES string of the molecule is CCOCC(C)NC(C)c1cccc(O)c1. The van der Waals surface area contributed by atoms with Gasteiger partial charge in [0.15, 0.2) is 0 Å². The molecule has 2 atom stereocenters. The summed E-state index contributed by atoms with van der Waals surface area (Å²) in [4.78, 5) is 0. The van der Waals surface area contributed by atoms with Crippen molar-refractivity contribution in [3.63, 3.8) is 0 Å². The molecular formula is C13H21NO2. The number of phenolic OH excluding ortho intramolecular Hbond substituents is 1. The van der Waals surface area contributed by atoms with Crippen molar-refractivity contribution >= 4 is 0 Å². The normalized spacial score (nSPS) is 14.7. The van der Waals surface area contributed by atoms with E-state index in [4.69, 9.17) is 4.74 Å².